The van der Waals surface area contributed by atoms with Gasteiger partial charge >= 0.3 is 0 Å². The lowest BCUT2D eigenvalue weighted by molar-refractivity contribution is -0.298. The highest BCUT2D eigenvalue weighted by atomic mass is 16.7. The van der Waals surface area contributed by atoms with Crippen LogP contribution in [0.15, 0.2) is 24.3 Å². The highest BCUT2D eigenvalue weighted by Gasteiger charge is 2.65. The molecule has 1 saturated heterocycles. The SMILES string of the molecule is O[C@@]12c3ccccc3[C@H]1CCCCCCCCC21OCCO1. The Kier molecular flexibility index (Phi) is 3.75. The Morgan fingerprint density at radius 1 is 0.909 bits per heavy atom. The fourth-order valence-corrected chi connectivity index (χ4v) is 4.74. The molecule has 4 rings (SSSR count). The van der Waals surface area contributed by atoms with Crippen LogP contribution >= 0.6 is 0 Å². The minimum atomic E-state index is -0.968. The first-order valence-corrected chi connectivity index (χ1v) is 8.88. The summed E-state index contributed by atoms with van der Waals surface area (Å²) in [6.45, 7) is 1.19. The Morgan fingerprint density at radius 3 is 2.41 bits per heavy atom. The third-order valence-electron chi connectivity index (χ3n) is 5.83. The first-order chi connectivity index (χ1) is 10.8. The van der Waals surface area contributed by atoms with Crippen molar-refractivity contribution in [3.05, 3.63) is 35.4 Å². The van der Waals surface area contributed by atoms with E-state index in [4.69, 9.17) is 9.47 Å². The van der Waals surface area contributed by atoms with Crippen molar-refractivity contribution in [1.29, 1.82) is 0 Å². The van der Waals surface area contributed by atoms with Crippen molar-refractivity contribution in [3.63, 3.8) is 0 Å². The van der Waals surface area contributed by atoms with Crippen molar-refractivity contribution < 1.29 is 14.6 Å². The second kappa shape index (κ2) is 5.63. The maximum absolute atomic E-state index is 11.7. The maximum Gasteiger partial charge on any atom is 0.202 e. The van der Waals surface area contributed by atoms with Crippen LogP contribution in [0.4, 0.5) is 0 Å². The molecule has 3 heteroatoms. The predicted molar refractivity (Wildman–Crippen MR) is 84.7 cm³/mol. The Balaban J connectivity index is 1.75. The first-order valence-electron chi connectivity index (χ1n) is 8.88. The van der Waals surface area contributed by atoms with Crippen LogP contribution in [0.5, 0.6) is 0 Å². The van der Waals surface area contributed by atoms with Crippen molar-refractivity contribution in [2.45, 2.75) is 68.7 Å². The molecule has 2 atom stereocenters. The summed E-state index contributed by atoms with van der Waals surface area (Å²) in [6, 6.07) is 8.31. The quantitative estimate of drug-likeness (QED) is 0.791. The smallest absolute Gasteiger partial charge is 0.202 e. The molecule has 3 nitrogen and oxygen atoms in total. The van der Waals surface area contributed by atoms with Gasteiger partial charge in [0.1, 0.15) is 0 Å². The number of aliphatic hydroxyl groups is 1. The summed E-state index contributed by atoms with van der Waals surface area (Å²) in [5.41, 5.74) is 1.36. The van der Waals surface area contributed by atoms with E-state index in [1.54, 1.807) is 0 Å². The Labute approximate surface area is 132 Å². The highest BCUT2D eigenvalue weighted by molar-refractivity contribution is 5.49. The molecule has 0 bridgehead atoms. The topological polar surface area (TPSA) is 38.7 Å². The molecule has 1 spiro atoms. The fraction of sp³-hybridized carbons (Fsp3) is 0.684. The zero-order chi connectivity index (χ0) is 15.0. The Morgan fingerprint density at radius 2 is 1.59 bits per heavy atom. The standard InChI is InChI=1S/C19H26O3/c20-19-16(15-9-6-7-11-17(15)19)10-5-3-1-2-4-8-12-18(19)21-13-14-22-18/h6-7,9,11,16,20H,1-5,8,10,12-14H2/t16-,19-/m1/s1. The molecule has 1 N–H and O–H groups in total. The van der Waals surface area contributed by atoms with E-state index in [9.17, 15) is 5.11 Å². The second-order valence-corrected chi connectivity index (χ2v) is 7.02. The van der Waals surface area contributed by atoms with E-state index in [1.165, 1.54) is 37.7 Å². The van der Waals surface area contributed by atoms with E-state index < -0.39 is 11.4 Å². The molecular weight excluding hydrogens is 276 g/mol. The molecule has 0 radical (unpaired) electrons. The molecule has 1 aromatic rings. The van der Waals surface area contributed by atoms with Gasteiger partial charge in [0.2, 0.25) is 5.79 Å². The number of benzene rings is 1. The monoisotopic (exact) mass is 302 g/mol. The predicted octanol–water partition coefficient (Wildman–Crippen LogP) is 3.85. The summed E-state index contributed by atoms with van der Waals surface area (Å²) in [7, 11) is 0. The molecule has 0 aromatic heterocycles. The summed E-state index contributed by atoms with van der Waals surface area (Å²) in [5, 5.41) is 11.7. The van der Waals surface area contributed by atoms with E-state index in [0.29, 0.717) is 13.2 Å². The summed E-state index contributed by atoms with van der Waals surface area (Å²) >= 11 is 0. The Hall–Kier alpha value is -0.900. The number of fused-ring (bicyclic) bond motifs is 5. The summed E-state index contributed by atoms with van der Waals surface area (Å²) < 4.78 is 12.2. The summed E-state index contributed by atoms with van der Waals surface area (Å²) in [6.07, 6.45) is 9.14. The van der Waals surface area contributed by atoms with Crippen molar-refractivity contribution in [1.82, 2.24) is 0 Å². The molecular formula is C19H26O3. The van der Waals surface area contributed by atoms with Crippen LogP contribution in [0.2, 0.25) is 0 Å². The van der Waals surface area contributed by atoms with Gasteiger partial charge in [0.15, 0.2) is 5.60 Å². The zero-order valence-electron chi connectivity index (χ0n) is 13.2. The number of rotatable bonds is 0. The van der Waals surface area contributed by atoms with E-state index in [2.05, 4.69) is 18.2 Å². The van der Waals surface area contributed by atoms with Gasteiger partial charge in [-0.2, -0.15) is 0 Å². The van der Waals surface area contributed by atoms with Crippen molar-refractivity contribution in [2.75, 3.05) is 13.2 Å². The number of ether oxygens (including phenoxy) is 2. The van der Waals surface area contributed by atoms with Gasteiger partial charge in [-0.3, -0.25) is 0 Å². The van der Waals surface area contributed by atoms with Crippen LogP contribution in [0.3, 0.4) is 0 Å². The third-order valence-corrected chi connectivity index (χ3v) is 5.83. The molecule has 2 aliphatic carbocycles. The fourth-order valence-electron chi connectivity index (χ4n) is 4.74. The largest absolute Gasteiger partial charge is 0.379 e. The summed E-state index contributed by atoms with van der Waals surface area (Å²) in [5.74, 6) is -0.670. The van der Waals surface area contributed by atoms with E-state index in [-0.39, 0.29) is 5.92 Å². The molecule has 1 heterocycles. The van der Waals surface area contributed by atoms with Crippen LogP contribution in [0.25, 0.3) is 0 Å². The van der Waals surface area contributed by atoms with Crippen molar-refractivity contribution in [3.8, 4) is 0 Å². The Bertz CT molecular complexity index is 535. The number of hydrogen-bond acceptors (Lipinski definition) is 3. The molecule has 1 saturated carbocycles. The average molecular weight is 302 g/mol. The van der Waals surface area contributed by atoms with Crippen LogP contribution in [0, 0.1) is 0 Å². The van der Waals surface area contributed by atoms with Gasteiger partial charge in [-0.15, -0.1) is 0 Å². The van der Waals surface area contributed by atoms with Gasteiger partial charge in [0.05, 0.1) is 13.2 Å². The van der Waals surface area contributed by atoms with E-state index in [1.807, 2.05) is 6.07 Å². The third kappa shape index (κ3) is 1.99. The average Bonchev–Trinajstić information content (AvgIpc) is 3.01. The lowest BCUT2D eigenvalue weighted by Gasteiger charge is -2.55. The molecule has 3 aliphatic rings. The molecule has 1 aliphatic heterocycles. The van der Waals surface area contributed by atoms with Crippen LogP contribution in [-0.2, 0) is 15.1 Å². The minimum Gasteiger partial charge on any atom is -0.379 e. The van der Waals surface area contributed by atoms with E-state index >= 15 is 0 Å². The lowest BCUT2D eigenvalue weighted by atomic mass is 9.58. The minimum absolute atomic E-state index is 0.153. The van der Waals surface area contributed by atoms with Gasteiger partial charge in [-0.25, -0.2) is 0 Å². The molecule has 0 amide bonds. The van der Waals surface area contributed by atoms with Crippen LogP contribution in [-0.4, -0.2) is 24.1 Å². The molecule has 120 valence electrons. The lowest BCUT2D eigenvalue weighted by Crippen LogP contribution is -2.61. The molecule has 1 aromatic carbocycles. The van der Waals surface area contributed by atoms with Crippen LogP contribution in [0.1, 0.15) is 68.4 Å². The molecule has 0 unspecified atom stereocenters. The van der Waals surface area contributed by atoms with Gasteiger partial charge < -0.3 is 14.6 Å². The maximum atomic E-state index is 11.7. The van der Waals surface area contributed by atoms with Crippen molar-refractivity contribution >= 4 is 0 Å². The van der Waals surface area contributed by atoms with E-state index in [0.717, 1.165) is 24.8 Å². The highest BCUT2D eigenvalue weighted by Crippen LogP contribution is 2.61. The molecule has 22 heavy (non-hydrogen) atoms. The normalized spacial score (nSPS) is 34.3. The van der Waals surface area contributed by atoms with Gasteiger partial charge in [0, 0.05) is 12.3 Å². The van der Waals surface area contributed by atoms with Gasteiger partial charge in [-0.05, 0) is 24.0 Å². The van der Waals surface area contributed by atoms with Crippen molar-refractivity contribution in [2.24, 2.45) is 0 Å². The zero-order valence-corrected chi connectivity index (χ0v) is 13.2. The number of hydrogen-bond donors (Lipinski definition) is 1. The summed E-state index contributed by atoms with van der Waals surface area (Å²) in [4.78, 5) is 0. The first kappa shape index (κ1) is 14.7. The van der Waals surface area contributed by atoms with Gasteiger partial charge in [0.25, 0.3) is 0 Å². The molecule has 2 fully saturated rings. The second-order valence-electron chi connectivity index (χ2n) is 7.02. The van der Waals surface area contributed by atoms with Gasteiger partial charge in [-0.1, -0.05) is 56.4 Å². The van der Waals surface area contributed by atoms with Crippen LogP contribution < -0.4 is 0 Å².